The van der Waals surface area contributed by atoms with Crippen molar-refractivity contribution in [2.24, 2.45) is 0 Å². The van der Waals surface area contributed by atoms with E-state index >= 15 is 0 Å². The molecule has 3 amide bonds. The van der Waals surface area contributed by atoms with Crippen LogP contribution in [0.15, 0.2) is 0 Å². The molecule has 6 heteroatoms. The molecule has 1 fully saturated rings. The molecule has 5 nitrogen and oxygen atoms in total. The van der Waals surface area contributed by atoms with E-state index in [9.17, 15) is 14.0 Å². The van der Waals surface area contributed by atoms with Crippen molar-refractivity contribution in [1.29, 1.82) is 0 Å². The lowest BCUT2D eigenvalue weighted by Crippen LogP contribution is -2.60. The Hall–Kier alpha value is -1.17. The highest BCUT2D eigenvalue weighted by Crippen LogP contribution is 2.05. The number of halogens is 1. The minimum atomic E-state index is -1.83. The summed E-state index contributed by atoms with van der Waals surface area (Å²) in [4.78, 5) is 21.3. The molecule has 2 N–H and O–H groups in total. The van der Waals surface area contributed by atoms with Crippen molar-refractivity contribution in [2.75, 3.05) is 6.61 Å². The fraction of sp³-hybridized carbons (Fsp3) is 0.667. The Kier molecular flexibility index (Phi) is 2.59. The predicted octanol–water partition coefficient (Wildman–Crippen LogP) is -0.474. The number of urea groups is 1. The van der Waals surface area contributed by atoms with E-state index in [2.05, 4.69) is 5.32 Å². The van der Waals surface area contributed by atoms with E-state index in [1.807, 2.05) is 0 Å². The molecule has 68 valence electrons. The monoisotopic (exact) mass is 176 g/mol. The molecule has 0 spiro atoms. The van der Waals surface area contributed by atoms with Crippen LogP contribution < -0.4 is 10.6 Å². The summed E-state index contributed by atoms with van der Waals surface area (Å²) in [5, 5.41) is 3.90. The SMILES string of the molecule is CCOC1NC(=O)NC(=O)C1F. The number of rotatable bonds is 2. The standard InChI is InChI=1S/C6H9FN2O3/c1-2-12-5-3(7)4(10)8-6(11)9-5/h3,5H,2H2,1H3,(H2,8,9,10,11). The van der Waals surface area contributed by atoms with Crippen LogP contribution in [0.3, 0.4) is 0 Å². The van der Waals surface area contributed by atoms with E-state index < -0.39 is 24.3 Å². The van der Waals surface area contributed by atoms with Crippen LogP contribution in [0.1, 0.15) is 6.92 Å². The van der Waals surface area contributed by atoms with E-state index in [0.29, 0.717) is 0 Å². The Labute approximate surface area is 68.3 Å². The molecule has 0 aliphatic carbocycles. The normalized spacial score (nSPS) is 29.5. The first kappa shape index (κ1) is 8.92. The molecular weight excluding hydrogens is 167 g/mol. The maximum absolute atomic E-state index is 12.9. The third-order valence-corrected chi connectivity index (χ3v) is 1.37. The number of amides is 3. The van der Waals surface area contributed by atoms with Crippen LogP contribution in [0.25, 0.3) is 0 Å². The van der Waals surface area contributed by atoms with E-state index in [1.165, 1.54) is 0 Å². The minimum Gasteiger partial charge on any atom is -0.355 e. The van der Waals surface area contributed by atoms with Crippen molar-refractivity contribution < 1.29 is 18.7 Å². The molecule has 1 rings (SSSR count). The first-order valence-corrected chi connectivity index (χ1v) is 3.52. The van der Waals surface area contributed by atoms with Gasteiger partial charge in [-0.15, -0.1) is 0 Å². The summed E-state index contributed by atoms with van der Waals surface area (Å²) in [7, 11) is 0. The number of carbonyl (C=O) groups excluding carboxylic acids is 2. The van der Waals surface area contributed by atoms with Gasteiger partial charge in [0, 0.05) is 6.61 Å². The smallest absolute Gasteiger partial charge is 0.323 e. The highest BCUT2D eigenvalue weighted by molar-refractivity contribution is 5.99. The summed E-state index contributed by atoms with van der Waals surface area (Å²) in [5.41, 5.74) is 0. The van der Waals surface area contributed by atoms with Gasteiger partial charge in [0.05, 0.1) is 0 Å². The van der Waals surface area contributed by atoms with Gasteiger partial charge in [-0.2, -0.15) is 0 Å². The number of hydrogen-bond donors (Lipinski definition) is 2. The van der Waals surface area contributed by atoms with Gasteiger partial charge in [-0.1, -0.05) is 0 Å². The Morgan fingerprint density at radius 3 is 2.83 bits per heavy atom. The lowest BCUT2D eigenvalue weighted by Gasteiger charge is -2.25. The van der Waals surface area contributed by atoms with Gasteiger partial charge in [-0.05, 0) is 6.92 Å². The maximum Gasteiger partial charge on any atom is 0.323 e. The van der Waals surface area contributed by atoms with Crippen LogP contribution in [0.2, 0.25) is 0 Å². The van der Waals surface area contributed by atoms with Crippen LogP contribution in [0.5, 0.6) is 0 Å². The molecule has 0 radical (unpaired) electrons. The van der Waals surface area contributed by atoms with Gasteiger partial charge in [0.15, 0.2) is 6.23 Å². The Morgan fingerprint density at radius 2 is 2.25 bits per heavy atom. The first-order valence-electron chi connectivity index (χ1n) is 3.52. The molecule has 2 atom stereocenters. The van der Waals surface area contributed by atoms with Gasteiger partial charge >= 0.3 is 6.03 Å². The van der Waals surface area contributed by atoms with Gasteiger partial charge in [-0.25, -0.2) is 9.18 Å². The fourth-order valence-corrected chi connectivity index (χ4v) is 0.862. The first-order chi connectivity index (χ1) is 5.65. The summed E-state index contributed by atoms with van der Waals surface area (Å²) < 4.78 is 17.6. The third kappa shape index (κ3) is 1.70. The minimum absolute atomic E-state index is 0.235. The van der Waals surface area contributed by atoms with Gasteiger partial charge in [0.1, 0.15) is 0 Å². The molecule has 1 saturated heterocycles. The van der Waals surface area contributed by atoms with Crippen molar-refractivity contribution in [3.05, 3.63) is 0 Å². The second kappa shape index (κ2) is 3.48. The second-order valence-electron chi connectivity index (χ2n) is 2.24. The molecule has 2 unspecified atom stereocenters. The molecular formula is C6H9FN2O3. The zero-order chi connectivity index (χ0) is 9.14. The van der Waals surface area contributed by atoms with Crippen LogP contribution in [-0.4, -0.2) is 30.9 Å². The number of alkyl halides is 1. The van der Waals surface area contributed by atoms with Gasteiger partial charge < -0.3 is 10.1 Å². The summed E-state index contributed by atoms with van der Waals surface area (Å²) >= 11 is 0. The second-order valence-corrected chi connectivity index (χ2v) is 2.24. The Morgan fingerprint density at radius 1 is 1.58 bits per heavy atom. The van der Waals surface area contributed by atoms with Crippen molar-refractivity contribution in [2.45, 2.75) is 19.3 Å². The Balaban J connectivity index is 2.59. The zero-order valence-electron chi connectivity index (χ0n) is 6.46. The molecule has 12 heavy (non-hydrogen) atoms. The molecule has 0 saturated carbocycles. The van der Waals surface area contributed by atoms with Crippen molar-refractivity contribution in [3.63, 3.8) is 0 Å². The molecule has 1 aliphatic rings. The third-order valence-electron chi connectivity index (χ3n) is 1.37. The van der Waals surface area contributed by atoms with Gasteiger partial charge in [0.25, 0.3) is 5.91 Å². The number of imide groups is 1. The average Bonchev–Trinajstić information content (AvgIpc) is 2.00. The topological polar surface area (TPSA) is 67.4 Å². The molecule has 0 aromatic rings. The lowest BCUT2D eigenvalue weighted by molar-refractivity contribution is -0.134. The Bertz CT molecular complexity index is 209. The van der Waals surface area contributed by atoms with E-state index in [-0.39, 0.29) is 6.61 Å². The highest BCUT2D eigenvalue weighted by Gasteiger charge is 2.35. The van der Waals surface area contributed by atoms with E-state index in [4.69, 9.17) is 4.74 Å². The molecule has 0 bridgehead atoms. The number of ether oxygens (including phenoxy) is 1. The van der Waals surface area contributed by atoms with Crippen LogP contribution in [0.4, 0.5) is 9.18 Å². The molecule has 1 aliphatic heterocycles. The highest BCUT2D eigenvalue weighted by atomic mass is 19.1. The largest absolute Gasteiger partial charge is 0.355 e. The number of carbonyl (C=O) groups is 2. The fourth-order valence-electron chi connectivity index (χ4n) is 0.862. The summed E-state index contributed by atoms with van der Waals surface area (Å²) in [6.45, 7) is 1.88. The van der Waals surface area contributed by atoms with Crippen molar-refractivity contribution in [3.8, 4) is 0 Å². The lowest BCUT2D eigenvalue weighted by atomic mass is 10.3. The van der Waals surface area contributed by atoms with E-state index in [1.54, 1.807) is 12.2 Å². The maximum atomic E-state index is 12.9. The predicted molar refractivity (Wildman–Crippen MR) is 37.0 cm³/mol. The number of nitrogens with one attached hydrogen (secondary N) is 2. The summed E-state index contributed by atoms with van der Waals surface area (Å²) in [5.74, 6) is -0.961. The van der Waals surface area contributed by atoms with E-state index in [0.717, 1.165) is 0 Å². The van der Waals surface area contributed by atoms with Crippen molar-refractivity contribution in [1.82, 2.24) is 10.6 Å². The zero-order valence-corrected chi connectivity index (χ0v) is 6.46. The molecule has 0 aromatic heterocycles. The summed E-state index contributed by atoms with van der Waals surface area (Å²) in [6, 6.07) is -0.729. The van der Waals surface area contributed by atoms with Crippen molar-refractivity contribution >= 4 is 11.9 Å². The van der Waals surface area contributed by atoms with Crippen LogP contribution in [-0.2, 0) is 9.53 Å². The van der Waals surface area contributed by atoms with Gasteiger partial charge in [0.2, 0.25) is 6.17 Å². The van der Waals surface area contributed by atoms with Crippen LogP contribution >= 0.6 is 0 Å². The van der Waals surface area contributed by atoms with Gasteiger partial charge in [-0.3, -0.25) is 10.1 Å². The van der Waals surface area contributed by atoms with Crippen LogP contribution in [0, 0.1) is 0 Å². The number of hydrogen-bond acceptors (Lipinski definition) is 3. The quantitative estimate of drug-likeness (QED) is 0.597. The summed E-state index contributed by atoms with van der Waals surface area (Å²) in [6.07, 6.45) is -2.99. The average molecular weight is 176 g/mol. The molecule has 1 heterocycles. The molecule has 0 aromatic carbocycles.